The molecule has 140 valence electrons. The Morgan fingerprint density at radius 1 is 1.35 bits per heavy atom. The van der Waals surface area contributed by atoms with E-state index < -0.39 is 0 Å². The van der Waals surface area contributed by atoms with Crippen LogP contribution in [0.2, 0.25) is 0 Å². The Morgan fingerprint density at radius 3 is 2.81 bits per heavy atom. The first-order valence-corrected chi connectivity index (χ1v) is 9.42. The zero-order chi connectivity index (χ0) is 18.5. The van der Waals surface area contributed by atoms with E-state index in [0.29, 0.717) is 25.4 Å². The van der Waals surface area contributed by atoms with Gasteiger partial charge < -0.3 is 9.84 Å². The number of rotatable bonds is 7. The minimum Gasteiger partial charge on any atom is -0.352 e. The van der Waals surface area contributed by atoms with Crippen molar-refractivity contribution in [1.29, 1.82) is 0 Å². The number of nitrogens with one attached hydrogen (secondary N) is 1. The van der Waals surface area contributed by atoms with Gasteiger partial charge in [-0.3, -0.25) is 9.69 Å². The highest BCUT2D eigenvalue weighted by atomic mass is 16.5. The summed E-state index contributed by atoms with van der Waals surface area (Å²) in [7, 11) is 0. The maximum absolute atomic E-state index is 12.2. The molecule has 2 aromatic rings. The monoisotopic (exact) mass is 356 g/mol. The lowest BCUT2D eigenvalue weighted by atomic mass is 10.1. The van der Waals surface area contributed by atoms with Crippen molar-refractivity contribution < 1.29 is 9.32 Å². The molecule has 1 fully saturated rings. The Kier molecular flexibility index (Phi) is 6.04. The molecule has 26 heavy (non-hydrogen) atoms. The smallest absolute Gasteiger partial charge is 0.244 e. The van der Waals surface area contributed by atoms with Crippen molar-refractivity contribution in [1.82, 2.24) is 20.4 Å². The molecule has 1 aromatic heterocycles. The molecule has 1 N–H and O–H groups in total. The van der Waals surface area contributed by atoms with Crippen LogP contribution in [0.1, 0.15) is 67.9 Å². The lowest BCUT2D eigenvalue weighted by molar-refractivity contribution is -0.121. The summed E-state index contributed by atoms with van der Waals surface area (Å²) in [6, 6.07) is 8.36. The highest BCUT2D eigenvalue weighted by molar-refractivity contribution is 5.76. The van der Waals surface area contributed by atoms with Gasteiger partial charge in [0, 0.05) is 25.4 Å². The van der Waals surface area contributed by atoms with E-state index in [1.807, 2.05) is 12.1 Å². The normalized spacial score (nSPS) is 17.8. The largest absolute Gasteiger partial charge is 0.352 e. The van der Waals surface area contributed by atoms with Gasteiger partial charge >= 0.3 is 0 Å². The van der Waals surface area contributed by atoms with Gasteiger partial charge in [0.05, 0.1) is 6.04 Å². The molecule has 1 unspecified atom stereocenters. The van der Waals surface area contributed by atoms with E-state index >= 15 is 0 Å². The summed E-state index contributed by atoms with van der Waals surface area (Å²) in [5, 5.41) is 7.07. The molecule has 1 aliphatic heterocycles. The molecule has 6 nitrogen and oxygen atoms in total. The molecule has 6 heteroatoms. The second-order valence-corrected chi connectivity index (χ2v) is 7.35. The van der Waals surface area contributed by atoms with Crippen molar-refractivity contribution in [3.05, 3.63) is 47.1 Å². The second-order valence-electron chi connectivity index (χ2n) is 7.35. The van der Waals surface area contributed by atoms with Crippen molar-refractivity contribution in [3.63, 3.8) is 0 Å². The standard InChI is InChI=1S/C20H28N4O2/c1-14(2)19-22-20(26-23-19)17-5-4-11-24(17)12-10-18(25)21-13-16-8-6-15(3)7-9-16/h6-9,14,17H,4-5,10-13H2,1-3H3,(H,21,25). The van der Waals surface area contributed by atoms with E-state index in [2.05, 4.69) is 53.3 Å². The average molecular weight is 356 g/mol. The number of nitrogens with zero attached hydrogens (tertiary/aromatic N) is 3. The molecule has 1 aliphatic rings. The number of benzene rings is 1. The van der Waals surface area contributed by atoms with Crippen molar-refractivity contribution in [2.24, 2.45) is 0 Å². The topological polar surface area (TPSA) is 71.3 Å². The summed E-state index contributed by atoms with van der Waals surface area (Å²) in [5.74, 6) is 1.77. The maximum Gasteiger partial charge on any atom is 0.244 e. The van der Waals surface area contributed by atoms with Crippen molar-refractivity contribution in [2.45, 2.75) is 58.5 Å². The zero-order valence-corrected chi connectivity index (χ0v) is 15.9. The molecule has 3 rings (SSSR count). The quantitative estimate of drug-likeness (QED) is 0.824. The molecule has 1 saturated heterocycles. The number of carbonyl (C=O) groups is 1. The minimum absolute atomic E-state index is 0.0737. The molecule has 2 heterocycles. The molecule has 0 bridgehead atoms. The van der Waals surface area contributed by atoms with Crippen LogP contribution in [0.15, 0.2) is 28.8 Å². The van der Waals surface area contributed by atoms with Crippen LogP contribution < -0.4 is 5.32 Å². The molecular weight excluding hydrogens is 328 g/mol. The number of amides is 1. The highest BCUT2D eigenvalue weighted by Gasteiger charge is 2.31. The number of hydrogen-bond donors (Lipinski definition) is 1. The van der Waals surface area contributed by atoms with E-state index in [1.165, 1.54) is 5.56 Å². The van der Waals surface area contributed by atoms with Crippen LogP contribution >= 0.6 is 0 Å². The first-order valence-electron chi connectivity index (χ1n) is 9.42. The summed E-state index contributed by atoms with van der Waals surface area (Å²) in [5.41, 5.74) is 2.34. The second kappa shape index (κ2) is 8.45. The van der Waals surface area contributed by atoms with Gasteiger partial charge in [0.25, 0.3) is 0 Å². The lowest BCUT2D eigenvalue weighted by Gasteiger charge is -2.21. The van der Waals surface area contributed by atoms with Gasteiger partial charge in [-0.2, -0.15) is 4.98 Å². The third kappa shape index (κ3) is 4.69. The molecular formula is C20H28N4O2. The Morgan fingerprint density at radius 2 is 2.12 bits per heavy atom. The van der Waals surface area contributed by atoms with Gasteiger partial charge in [0.1, 0.15) is 0 Å². The van der Waals surface area contributed by atoms with E-state index in [0.717, 1.165) is 30.8 Å². The molecule has 1 atom stereocenters. The fourth-order valence-corrected chi connectivity index (χ4v) is 3.23. The SMILES string of the molecule is Cc1ccc(CNC(=O)CCN2CCCC2c2nc(C(C)C)no2)cc1. The van der Waals surface area contributed by atoms with Crippen molar-refractivity contribution >= 4 is 5.91 Å². The number of hydrogen-bond acceptors (Lipinski definition) is 5. The van der Waals surface area contributed by atoms with Crippen molar-refractivity contribution in [2.75, 3.05) is 13.1 Å². The van der Waals surface area contributed by atoms with Crippen LogP contribution in [0.3, 0.4) is 0 Å². The average Bonchev–Trinajstić information content (AvgIpc) is 3.28. The maximum atomic E-state index is 12.2. The van der Waals surface area contributed by atoms with Crippen LogP contribution in [0.4, 0.5) is 0 Å². The van der Waals surface area contributed by atoms with Crippen LogP contribution in [0.25, 0.3) is 0 Å². The van der Waals surface area contributed by atoms with Crippen molar-refractivity contribution in [3.8, 4) is 0 Å². The fraction of sp³-hybridized carbons (Fsp3) is 0.550. The molecule has 1 amide bonds. The number of aryl methyl sites for hydroxylation is 1. The zero-order valence-electron chi connectivity index (χ0n) is 15.9. The van der Waals surface area contributed by atoms with E-state index in [9.17, 15) is 4.79 Å². The molecule has 0 radical (unpaired) electrons. The van der Waals surface area contributed by atoms with E-state index in [1.54, 1.807) is 0 Å². The summed E-state index contributed by atoms with van der Waals surface area (Å²) in [6.45, 7) is 8.42. The van der Waals surface area contributed by atoms with Gasteiger partial charge in [-0.25, -0.2) is 0 Å². The minimum atomic E-state index is 0.0737. The Balaban J connectivity index is 1.48. The number of aromatic nitrogens is 2. The Hall–Kier alpha value is -2.21. The molecule has 0 saturated carbocycles. The van der Waals surface area contributed by atoms with E-state index in [-0.39, 0.29) is 17.9 Å². The third-order valence-electron chi connectivity index (χ3n) is 4.86. The van der Waals surface area contributed by atoms with Crippen LogP contribution in [0.5, 0.6) is 0 Å². The highest BCUT2D eigenvalue weighted by Crippen LogP contribution is 2.31. The molecule has 1 aromatic carbocycles. The Bertz CT molecular complexity index is 724. The third-order valence-corrected chi connectivity index (χ3v) is 4.86. The van der Waals surface area contributed by atoms with E-state index in [4.69, 9.17) is 4.52 Å². The fourth-order valence-electron chi connectivity index (χ4n) is 3.23. The first-order chi connectivity index (χ1) is 12.5. The summed E-state index contributed by atoms with van der Waals surface area (Å²) in [4.78, 5) is 19.0. The summed E-state index contributed by atoms with van der Waals surface area (Å²) < 4.78 is 5.46. The predicted octanol–water partition coefficient (Wildman–Crippen LogP) is 3.34. The lowest BCUT2D eigenvalue weighted by Crippen LogP contribution is -2.30. The number of likely N-dealkylation sites (tertiary alicyclic amines) is 1. The number of carbonyl (C=O) groups excluding carboxylic acids is 1. The van der Waals surface area contributed by atoms with Gasteiger partial charge in [-0.05, 0) is 31.9 Å². The predicted molar refractivity (Wildman–Crippen MR) is 99.6 cm³/mol. The van der Waals surface area contributed by atoms with Gasteiger partial charge in [-0.15, -0.1) is 0 Å². The molecule has 0 spiro atoms. The molecule has 0 aliphatic carbocycles. The van der Waals surface area contributed by atoms with Gasteiger partial charge in [0.15, 0.2) is 5.82 Å². The summed E-state index contributed by atoms with van der Waals surface area (Å²) >= 11 is 0. The summed E-state index contributed by atoms with van der Waals surface area (Å²) in [6.07, 6.45) is 2.58. The van der Waals surface area contributed by atoms with Crippen LogP contribution in [0, 0.1) is 6.92 Å². The Labute approximate surface area is 155 Å². The van der Waals surface area contributed by atoms with Gasteiger partial charge in [-0.1, -0.05) is 48.8 Å². The van der Waals surface area contributed by atoms with Crippen LogP contribution in [-0.2, 0) is 11.3 Å². The first kappa shape index (κ1) is 18.6. The van der Waals surface area contributed by atoms with Gasteiger partial charge in [0.2, 0.25) is 11.8 Å². The van der Waals surface area contributed by atoms with Crippen LogP contribution in [-0.4, -0.2) is 34.0 Å².